The van der Waals surface area contributed by atoms with Gasteiger partial charge in [0, 0.05) is 6.20 Å². The van der Waals surface area contributed by atoms with Crippen LogP contribution >= 0.6 is 15.6 Å². The van der Waals surface area contributed by atoms with E-state index in [2.05, 4.69) is 8.83 Å². The summed E-state index contributed by atoms with van der Waals surface area (Å²) in [6, 6.07) is 0. The summed E-state index contributed by atoms with van der Waals surface area (Å²) in [5, 5.41) is 20.4. The lowest BCUT2D eigenvalue weighted by Gasteiger charge is -2.34. The lowest BCUT2D eigenvalue weighted by atomic mass is 9.94. The Kier molecular flexibility index (Phi) is 5.83. The maximum atomic E-state index is 14.9. The quantitative estimate of drug-likeness (QED) is 0.243. The zero-order valence-electron chi connectivity index (χ0n) is 13.5. The Hall–Kier alpha value is -1.05. The number of nitrogens with zero attached hydrogens (tertiary/aromatic N) is 1. The van der Waals surface area contributed by atoms with Crippen LogP contribution in [0.4, 0.5) is 4.39 Å². The van der Waals surface area contributed by atoms with Crippen molar-refractivity contribution in [3.8, 4) is 0 Å². The number of phosphoric acid groups is 2. The van der Waals surface area contributed by atoms with Gasteiger partial charge in [-0.15, -0.1) is 0 Å². The monoisotopic (exact) mass is 435 g/mol. The lowest BCUT2D eigenvalue weighted by molar-refractivity contribution is -0.211. The molecule has 0 radical (unpaired) electrons. The second-order valence-electron chi connectivity index (χ2n) is 5.96. The normalized spacial score (nSPS) is 36.9. The first-order valence-corrected chi connectivity index (χ1v) is 10.1. The smallest absolute Gasteiger partial charge is 0.384 e. The number of alkyl halides is 1. The van der Waals surface area contributed by atoms with Gasteiger partial charge in [0.25, 0.3) is 5.85 Å². The molecular weight excluding hydrogens is 419 g/mol. The molecule has 5 atom stereocenters. The van der Waals surface area contributed by atoms with E-state index in [0.717, 1.165) is 19.2 Å². The molecule has 154 valence electrons. The minimum Gasteiger partial charge on any atom is -0.384 e. The summed E-state index contributed by atoms with van der Waals surface area (Å²) in [5.41, 5.74) is -2.46. The third kappa shape index (κ3) is 4.87. The van der Waals surface area contributed by atoms with Gasteiger partial charge in [0.15, 0.2) is 12.0 Å². The minimum absolute atomic E-state index is 0.555. The summed E-state index contributed by atoms with van der Waals surface area (Å²) in [6.07, 6.45) is -3.01. The predicted molar refractivity (Wildman–Crippen MR) is 79.9 cm³/mol. The molecule has 2 rings (SSSR count). The standard InChI is InChI=1S/C11H16FNO12P2/c1-10(17)8(16)11(12,5-23-27(21,22)25-26(18,19)20)24-9(10)13-3-2-6(14)4-7(13)15/h2-3,8-9,16-17H,4-5H2,1H3,(H,21,22)(H2,18,19,20)/t8-,9+,10+,11+/m0/s1. The lowest BCUT2D eigenvalue weighted by Crippen LogP contribution is -2.54. The molecule has 13 nitrogen and oxygen atoms in total. The van der Waals surface area contributed by atoms with Crippen LogP contribution in [0.2, 0.25) is 0 Å². The number of amides is 1. The number of phosphoric ester groups is 1. The highest BCUT2D eigenvalue weighted by Crippen LogP contribution is 2.58. The number of halogens is 1. The number of ketones is 1. The molecule has 0 aromatic heterocycles. The Morgan fingerprint density at radius 2 is 1.96 bits per heavy atom. The molecule has 16 heteroatoms. The molecule has 0 aromatic carbocycles. The van der Waals surface area contributed by atoms with Gasteiger partial charge in [-0.05, 0) is 13.0 Å². The molecule has 1 unspecified atom stereocenters. The largest absolute Gasteiger partial charge is 0.481 e. The van der Waals surface area contributed by atoms with Crippen LogP contribution < -0.4 is 0 Å². The SMILES string of the molecule is C[C@]1(O)[C@H](N2C=CC(=O)CC2=O)O[C@](F)(COP(=O)(O)OP(=O)(O)O)[C@H]1O. The molecule has 0 saturated carbocycles. The Labute approximate surface area is 150 Å². The number of hydrogen-bond donors (Lipinski definition) is 5. The van der Waals surface area contributed by atoms with Crippen molar-refractivity contribution >= 4 is 27.3 Å². The van der Waals surface area contributed by atoms with E-state index in [1.807, 2.05) is 0 Å². The van der Waals surface area contributed by atoms with Crippen molar-refractivity contribution in [3.05, 3.63) is 12.3 Å². The average Bonchev–Trinajstić information content (AvgIpc) is 2.65. The summed E-state index contributed by atoms with van der Waals surface area (Å²) in [4.78, 5) is 49.9. The van der Waals surface area contributed by atoms with E-state index in [9.17, 15) is 33.3 Å². The van der Waals surface area contributed by atoms with Gasteiger partial charge in [-0.25, -0.2) is 13.5 Å². The van der Waals surface area contributed by atoms with Crippen molar-refractivity contribution in [3.63, 3.8) is 0 Å². The van der Waals surface area contributed by atoms with Crippen LogP contribution in [0.3, 0.4) is 0 Å². The minimum atomic E-state index is -5.47. The van der Waals surface area contributed by atoms with Crippen LogP contribution in [0.1, 0.15) is 13.3 Å². The molecule has 2 heterocycles. The van der Waals surface area contributed by atoms with Crippen molar-refractivity contribution < 1.29 is 61.6 Å². The first-order chi connectivity index (χ1) is 12.1. The summed E-state index contributed by atoms with van der Waals surface area (Å²) < 4.78 is 49.3. The van der Waals surface area contributed by atoms with Crippen molar-refractivity contribution in [1.82, 2.24) is 4.90 Å². The number of hydrogen-bond acceptors (Lipinski definition) is 9. The maximum Gasteiger partial charge on any atom is 0.481 e. The molecular formula is C11H16FNO12P2. The highest BCUT2D eigenvalue weighted by atomic mass is 31.3. The van der Waals surface area contributed by atoms with Crippen LogP contribution in [0.25, 0.3) is 0 Å². The van der Waals surface area contributed by atoms with Gasteiger partial charge in [-0.2, -0.15) is 4.31 Å². The van der Waals surface area contributed by atoms with E-state index in [4.69, 9.17) is 19.4 Å². The van der Waals surface area contributed by atoms with Gasteiger partial charge in [0.05, 0.1) is 6.42 Å². The number of aliphatic hydroxyl groups is 2. The van der Waals surface area contributed by atoms with Gasteiger partial charge < -0.3 is 29.6 Å². The van der Waals surface area contributed by atoms with Crippen LogP contribution in [0, 0.1) is 0 Å². The molecule has 0 bridgehead atoms. The maximum absolute atomic E-state index is 14.9. The van der Waals surface area contributed by atoms with Crippen molar-refractivity contribution in [2.75, 3.05) is 6.61 Å². The number of aliphatic hydroxyl groups excluding tert-OH is 1. The molecule has 1 amide bonds. The molecule has 0 aliphatic carbocycles. The van der Waals surface area contributed by atoms with Gasteiger partial charge in [-0.1, -0.05) is 0 Å². The Morgan fingerprint density at radius 1 is 1.37 bits per heavy atom. The summed E-state index contributed by atoms with van der Waals surface area (Å²) in [5.74, 6) is -4.80. The van der Waals surface area contributed by atoms with Crippen LogP contribution in [-0.2, 0) is 32.3 Å². The van der Waals surface area contributed by atoms with E-state index in [1.54, 1.807) is 0 Å². The third-order valence-corrected chi connectivity index (χ3v) is 5.82. The topological polar surface area (TPSA) is 200 Å². The highest BCUT2D eigenvalue weighted by Gasteiger charge is 2.65. The Bertz CT molecular complexity index is 764. The Balaban J connectivity index is 2.20. The molecule has 2 aliphatic rings. The molecule has 5 N–H and O–H groups in total. The molecule has 2 aliphatic heterocycles. The van der Waals surface area contributed by atoms with Crippen LogP contribution in [-0.4, -0.2) is 71.9 Å². The van der Waals surface area contributed by atoms with E-state index < -0.39 is 64.2 Å². The summed E-state index contributed by atoms with van der Waals surface area (Å²) in [6.45, 7) is -0.703. The van der Waals surface area contributed by atoms with Gasteiger partial charge >= 0.3 is 15.6 Å². The number of carbonyl (C=O) groups excluding carboxylic acids is 2. The number of rotatable bonds is 6. The summed E-state index contributed by atoms with van der Waals surface area (Å²) in [7, 11) is -10.9. The highest BCUT2D eigenvalue weighted by molar-refractivity contribution is 7.60. The van der Waals surface area contributed by atoms with Crippen molar-refractivity contribution in [2.24, 2.45) is 0 Å². The van der Waals surface area contributed by atoms with Gasteiger partial charge in [0.1, 0.15) is 18.3 Å². The second kappa shape index (κ2) is 7.08. The van der Waals surface area contributed by atoms with Gasteiger partial charge in [-0.3, -0.25) is 19.0 Å². The van der Waals surface area contributed by atoms with Crippen LogP contribution in [0.5, 0.6) is 0 Å². The number of allylic oxidation sites excluding steroid dienone is 1. The zero-order valence-corrected chi connectivity index (χ0v) is 15.3. The van der Waals surface area contributed by atoms with Crippen molar-refractivity contribution in [1.29, 1.82) is 0 Å². The fourth-order valence-electron chi connectivity index (χ4n) is 2.47. The molecule has 1 fully saturated rings. The predicted octanol–water partition coefficient (Wildman–Crippen LogP) is -1.34. The average molecular weight is 435 g/mol. The number of ether oxygens (including phenoxy) is 1. The van der Waals surface area contributed by atoms with Crippen LogP contribution in [0.15, 0.2) is 12.3 Å². The van der Waals surface area contributed by atoms with E-state index in [-0.39, 0.29) is 0 Å². The molecule has 0 aromatic rings. The zero-order chi connectivity index (χ0) is 20.8. The number of carbonyl (C=O) groups is 2. The van der Waals surface area contributed by atoms with E-state index in [0.29, 0.717) is 4.90 Å². The second-order valence-corrected chi connectivity index (χ2v) is 8.79. The third-order valence-electron chi connectivity index (χ3n) is 3.69. The molecule has 1 saturated heterocycles. The molecule has 27 heavy (non-hydrogen) atoms. The first-order valence-electron chi connectivity index (χ1n) is 7.11. The van der Waals surface area contributed by atoms with Gasteiger partial charge in [0.2, 0.25) is 5.91 Å². The molecule has 0 spiro atoms. The van der Waals surface area contributed by atoms with E-state index >= 15 is 0 Å². The Morgan fingerprint density at radius 3 is 2.48 bits per heavy atom. The fraction of sp³-hybridized carbons (Fsp3) is 0.636. The van der Waals surface area contributed by atoms with E-state index in [1.165, 1.54) is 0 Å². The summed E-state index contributed by atoms with van der Waals surface area (Å²) >= 11 is 0. The van der Waals surface area contributed by atoms with Crippen molar-refractivity contribution in [2.45, 2.75) is 37.1 Å². The fourth-order valence-corrected chi connectivity index (χ4v) is 4.08. The first kappa shape index (κ1) is 22.2.